The van der Waals surface area contributed by atoms with Gasteiger partial charge in [0.25, 0.3) is 0 Å². The molecule has 0 aliphatic carbocycles. The number of benzene rings is 2. The first kappa shape index (κ1) is 15.8. The van der Waals surface area contributed by atoms with Gasteiger partial charge in [0.2, 0.25) is 5.89 Å². The molecular formula is C20H16N4O2. The normalized spacial score (nSPS) is 10.6. The number of oxazole rings is 1. The fourth-order valence-electron chi connectivity index (χ4n) is 2.56. The Morgan fingerprint density at radius 1 is 1.00 bits per heavy atom. The van der Waals surface area contributed by atoms with E-state index in [0.717, 1.165) is 16.6 Å². The Bertz CT molecular complexity index is 1030. The molecule has 0 saturated heterocycles. The van der Waals surface area contributed by atoms with Gasteiger partial charge in [-0.15, -0.1) is 0 Å². The molecule has 0 aliphatic rings. The van der Waals surface area contributed by atoms with Crippen molar-refractivity contribution in [2.24, 2.45) is 0 Å². The summed E-state index contributed by atoms with van der Waals surface area (Å²) >= 11 is 0. The number of aromatic nitrogens is 2. The number of anilines is 1. The predicted molar refractivity (Wildman–Crippen MR) is 99.5 cm³/mol. The molecule has 6 nitrogen and oxygen atoms in total. The number of urea groups is 1. The topological polar surface area (TPSA) is 80.0 Å². The van der Waals surface area contributed by atoms with E-state index >= 15 is 0 Å². The summed E-state index contributed by atoms with van der Waals surface area (Å²) in [7, 11) is 0. The highest BCUT2D eigenvalue weighted by molar-refractivity contribution is 5.91. The molecule has 128 valence electrons. The van der Waals surface area contributed by atoms with Gasteiger partial charge >= 0.3 is 6.03 Å². The van der Waals surface area contributed by atoms with E-state index in [1.165, 1.54) is 0 Å². The number of pyridine rings is 1. The molecule has 4 rings (SSSR count). The third-order valence-electron chi connectivity index (χ3n) is 3.87. The highest BCUT2D eigenvalue weighted by Crippen LogP contribution is 2.26. The SMILES string of the molecule is O=C(NCc1ccncc1)Nc1ccc2nc(-c3ccccc3)oc2c1. The maximum absolute atomic E-state index is 12.1. The summed E-state index contributed by atoms with van der Waals surface area (Å²) in [5, 5.41) is 5.60. The molecule has 26 heavy (non-hydrogen) atoms. The minimum atomic E-state index is -0.288. The Labute approximate surface area is 149 Å². The van der Waals surface area contributed by atoms with Crippen molar-refractivity contribution in [2.45, 2.75) is 6.54 Å². The van der Waals surface area contributed by atoms with E-state index in [1.807, 2.05) is 48.5 Å². The zero-order valence-corrected chi connectivity index (χ0v) is 13.8. The van der Waals surface area contributed by atoms with Gasteiger partial charge in [-0.25, -0.2) is 9.78 Å². The summed E-state index contributed by atoms with van der Waals surface area (Å²) in [4.78, 5) is 20.5. The molecule has 0 bridgehead atoms. The van der Waals surface area contributed by atoms with E-state index in [-0.39, 0.29) is 6.03 Å². The van der Waals surface area contributed by atoms with Gasteiger partial charge in [-0.1, -0.05) is 18.2 Å². The van der Waals surface area contributed by atoms with Gasteiger partial charge in [0.05, 0.1) is 0 Å². The minimum Gasteiger partial charge on any atom is -0.436 e. The van der Waals surface area contributed by atoms with E-state index in [0.29, 0.717) is 23.7 Å². The molecule has 2 aromatic heterocycles. The highest BCUT2D eigenvalue weighted by Gasteiger charge is 2.09. The number of rotatable bonds is 4. The van der Waals surface area contributed by atoms with Crippen LogP contribution in [0.2, 0.25) is 0 Å². The van der Waals surface area contributed by atoms with Gasteiger partial charge in [0.15, 0.2) is 5.58 Å². The number of carbonyl (C=O) groups is 1. The molecule has 0 saturated carbocycles. The van der Waals surface area contributed by atoms with Crippen LogP contribution in [0, 0.1) is 0 Å². The molecule has 2 heterocycles. The number of hydrogen-bond donors (Lipinski definition) is 2. The third-order valence-corrected chi connectivity index (χ3v) is 3.87. The summed E-state index contributed by atoms with van der Waals surface area (Å²) in [6, 6.07) is 18.5. The van der Waals surface area contributed by atoms with Crippen LogP contribution < -0.4 is 10.6 Å². The zero-order valence-electron chi connectivity index (χ0n) is 13.8. The van der Waals surface area contributed by atoms with Gasteiger partial charge in [0, 0.05) is 36.3 Å². The molecule has 0 atom stereocenters. The Balaban J connectivity index is 1.46. The number of nitrogens with one attached hydrogen (secondary N) is 2. The second-order valence-electron chi connectivity index (χ2n) is 5.73. The van der Waals surface area contributed by atoms with E-state index in [2.05, 4.69) is 20.6 Å². The molecule has 0 radical (unpaired) electrons. The first-order valence-corrected chi connectivity index (χ1v) is 8.18. The standard InChI is InChI=1S/C20H16N4O2/c25-20(22-13-14-8-10-21-11-9-14)23-16-6-7-17-18(12-16)26-19(24-17)15-4-2-1-3-5-15/h1-12H,13H2,(H2,22,23,25). The Morgan fingerprint density at radius 3 is 2.62 bits per heavy atom. The van der Waals surface area contributed by atoms with Gasteiger partial charge in [-0.05, 0) is 42.0 Å². The molecule has 6 heteroatoms. The average molecular weight is 344 g/mol. The van der Waals surface area contributed by atoms with Crippen LogP contribution in [0.25, 0.3) is 22.6 Å². The number of carbonyl (C=O) groups excluding carboxylic acids is 1. The van der Waals surface area contributed by atoms with Crippen molar-refractivity contribution in [3.63, 3.8) is 0 Å². The summed E-state index contributed by atoms with van der Waals surface area (Å²) in [6.07, 6.45) is 3.38. The Morgan fingerprint density at radius 2 is 1.81 bits per heavy atom. The van der Waals surface area contributed by atoms with Gasteiger partial charge in [-0.3, -0.25) is 4.98 Å². The fraction of sp³-hybridized carbons (Fsp3) is 0.0500. The lowest BCUT2D eigenvalue weighted by Gasteiger charge is -2.07. The lowest BCUT2D eigenvalue weighted by atomic mass is 10.2. The Kier molecular flexibility index (Phi) is 4.30. The minimum absolute atomic E-state index is 0.288. The molecule has 2 N–H and O–H groups in total. The maximum atomic E-state index is 12.1. The van der Waals surface area contributed by atoms with Crippen molar-refractivity contribution in [3.8, 4) is 11.5 Å². The van der Waals surface area contributed by atoms with E-state index in [1.54, 1.807) is 24.5 Å². The molecule has 0 fully saturated rings. The van der Waals surface area contributed by atoms with E-state index in [4.69, 9.17) is 4.42 Å². The second-order valence-corrected chi connectivity index (χ2v) is 5.73. The van der Waals surface area contributed by atoms with Crippen LogP contribution in [0.4, 0.5) is 10.5 Å². The monoisotopic (exact) mass is 344 g/mol. The van der Waals surface area contributed by atoms with Gasteiger partial charge in [0.1, 0.15) is 5.52 Å². The highest BCUT2D eigenvalue weighted by atomic mass is 16.3. The summed E-state index contributed by atoms with van der Waals surface area (Å²) in [5.41, 5.74) is 3.89. The quantitative estimate of drug-likeness (QED) is 0.581. The number of hydrogen-bond acceptors (Lipinski definition) is 4. The molecule has 0 aliphatic heterocycles. The molecule has 4 aromatic rings. The van der Waals surface area contributed by atoms with Crippen molar-refractivity contribution >= 4 is 22.8 Å². The van der Waals surface area contributed by atoms with E-state index < -0.39 is 0 Å². The van der Waals surface area contributed by atoms with Crippen LogP contribution in [-0.4, -0.2) is 16.0 Å². The van der Waals surface area contributed by atoms with Crippen molar-refractivity contribution in [3.05, 3.63) is 78.6 Å². The molecular weight excluding hydrogens is 328 g/mol. The maximum Gasteiger partial charge on any atom is 0.319 e. The van der Waals surface area contributed by atoms with Crippen LogP contribution in [0.15, 0.2) is 77.5 Å². The van der Waals surface area contributed by atoms with Crippen LogP contribution in [0.3, 0.4) is 0 Å². The van der Waals surface area contributed by atoms with Crippen molar-refractivity contribution in [1.82, 2.24) is 15.3 Å². The van der Waals surface area contributed by atoms with Crippen molar-refractivity contribution in [1.29, 1.82) is 0 Å². The number of amides is 2. The smallest absolute Gasteiger partial charge is 0.319 e. The average Bonchev–Trinajstić information content (AvgIpc) is 3.11. The molecule has 2 aromatic carbocycles. The molecule has 0 unspecified atom stereocenters. The van der Waals surface area contributed by atoms with Crippen LogP contribution in [0.1, 0.15) is 5.56 Å². The predicted octanol–water partition coefficient (Wildman–Crippen LogP) is 4.21. The first-order chi connectivity index (χ1) is 12.8. The summed E-state index contributed by atoms with van der Waals surface area (Å²) in [6.45, 7) is 0.428. The number of nitrogens with zero attached hydrogens (tertiary/aromatic N) is 2. The molecule has 0 spiro atoms. The Hall–Kier alpha value is -3.67. The molecule has 2 amide bonds. The van der Waals surface area contributed by atoms with Gasteiger partial charge in [-0.2, -0.15) is 0 Å². The van der Waals surface area contributed by atoms with Crippen LogP contribution in [0.5, 0.6) is 0 Å². The lowest BCUT2D eigenvalue weighted by Crippen LogP contribution is -2.28. The second kappa shape index (κ2) is 7.06. The largest absolute Gasteiger partial charge is 0.436 e. The lowest BCUT2D eigenvalue weighted by molar-refractivity contribution is 0.251. The fourth-order valence-corrected chi connectivity index (χ4v) is 2.56. The van der Waals surface area contributed by atoms with Crippen molar-refractivity contribution in [2.75, 3.05) is 5.32 Å². The first-order valence-electron chi connectivity index (χ1n) is 8.18. The number of fused-ring (bicyclic) bond motifs is 1. The van der Waals surface area contributed by atoms with Crippen molar-refractivity contribution < 1.29 is 9.21 Å². The van der Waals surface area contributed by atoms with E-state index in [9.17, 15) is 4.79 Å². The van der Waals surface area contributed by atoms with Gasteiger partial charge < -0.3 is 15.1 Å². The third kappa shape index (κ3) is 3.54. The van der Waals surface area contributed by atoms with Crippen LogP contribution in [-0.2, 0) is 6.54 Å². The summed E-state index contributed by atoms with van der Waals surface area (Å²) in [5.74, 6) is 0.555. The zero-order chi connectivity index (χ0) is 17.8. The summed E-state index contributed by atoms with van der Waals surface area (Å²) < 4.78 is 5.82. The van der Waals surface area contributed by atoms with Crippen LogP contribution >= 0.6 is 0 Å².